The zero-order chi connectivity index (χ0) is 16.7. The first-order valence-electron chi connectivity index (χ1n) is 7.75. The number of fused-ring (bicyclic) bond motifs is 1. The second-order valence-electron chi connectivity index (χ2n) is 6.31. The molecule has 1 unspecified atom stereocenters. The number of aromatic nitrogens is 3. The van der Waals surface area contributed by atoms with Gasteiger partial charge in [-0.3, -0.25) is 9.59 Å². The van der Waals surface area contributed by atoms with Gasteiger partial charge in [0.05, 0.1) is 23.1 Å². The summed E-state index contributed by atoms with van der Waals surface area (Å²) in [5, 5.41) is 14.2. The number of carboxylic acid groups (broad SMARTS) is 1. The third kappa shape index (κ3) is 3.88. The van der Waals surface area contributed by atoms with Crippen molar-refractivity contribution in [2.45, 2.75) is 33.2 Å². The lowest BCUT2D eigenvalue weighted by atomic mass is 10.1. The van der Waals surface area contributed by atoms with Crippen LogP contribution in [-0.4, -0.2) is 49.7 Å². The average Bonchev–Trinajstić information content (AvgIpc) is 3.12. The molecule has 0 aliphatic carbocycles. The molecule has 2 aromatic rings. The molecule has 0 aromatic carbocycles. The van der Waals surface area contributed by atoms with Crippen LogP contribution in [0.4, 0.5) is 0 Å². The van der Waals surface area contributed by atoms with E-state index in [9.17, 15) is 9.59 Å². The lowest BCUT2D eigenvalue weighted by Gasteiger charge is -2.17. The largest absolute Gasteiger partial charge is 0.481 e. The van der Waals surface area contributed by atoms with Gasteiger partial charge in [0.1, 0.15) is 0 Å². The Balaban J connectivity index is 0.00000156. The number of carbonyl (C=O) groups is 2. The van der Waals surface area contributed by atoms with E-state index < -0.39 is 11.9 Å². The van der Waals surface area contributed by atoms with E-state index in [1.807, 2.05) is 20.8 Å². The Bertz CT molecular complexity index is 791. The van der Waals surface area contributed by atoms with Crippen molar-refractivity contribution in [1.29, 1.82) is 0 Å². The van der Waals surface area contributed by atoms with E-state index >= 15 is 0 Å². The summed E-state index contributed by atoms with van der Waals surface area (Å²) >= 11 is 0. The van der Waals surface area contributed by atoms with Crippen LogP contribution in [-0.2, 0) is 4.79 Å². The lowest BCUT2D eigenvalue weighted by molar-refractivity contribution is -0.141. The molecule has 138 valence electrons. The zero-order valence-electron chi connectivity index (χ0n) is 14.3. The van der Waals surface area contributed by atoms with E-state index in [1.54, 1.807) is 21.8 Å². The predicted molar refractivity (Wildman–Crippen MR) is 98.8 cm³/mol. The van der Waals surface area contributed by atoms with E-state index in [0.717, 1.165) is 5.69 Å². The minimum absolute atomic E-state index is 0. The van der Waals surface area contributed by atoms with Crippen molar-refractivity contribution in [3.63, 3.8) is 0 Å². The van der Waals surface area contributed by atoms with Gasteiger partial charge in [-0.05, 0) is 33.3 Å². The highest BCUT2D eigenvalue weighted by atomic mass is 35.5. The Morgan fingerprint density at radius 2 is 2.00 bits per heavy atom. The maximum Gasteiger partial charge on any atom is 0.308 e. The third-order valence-electron chi connectivity index (χ3n) is 4.24. The van der Waals surface area contributed by atoms with Crippen molar-refractivity contribution < 1.29 is 14.7 Å². The molecule has 1 fully saturated rings. The number of rotatable bonds is 3. The number of carbonyl (C=O) groups excluding carboxylic acids is 1. The molecule has 0 spiro atoms. The van der Waals surface area contributed by atoms with Crippen molar-refractivity contribution in [3.8, 4) is 0 Å². The second kappa shape index (κ2) is 8.01. The van der Waals surface area contributed by atoms with Gasteiger partial charge in [0.15, 0.2) is 5.65 Å². The number of carboxylic acids is 1. The summed E-state index contributed by atoms with van der Waals surface area (Å²) < 4.78 is 1.79. The van der Waals surface area contributed by atoms with Crippen molar-refractivity contribution in [1.82, 2.24) is 19.7 Å². The minimum atomic E-state index is -0.844. The molecule has 1 N–H and O–H groups in total. The highest BCUT2D eigenvalue weighted by molar-refractivity contribution is 6.05. The van der Waals surface area contributed by atoms with Crippen molar-refractivity contribution in [2.75, 3.05) is 13.1 Å². The fourth-order valence-electron chi connectivity index (χ4n) is 3.01. The van der Waals surface area contributed by atoms with E-state index in [1.165, 1.54) is 0 Å². The number of halogens is 2. The Labute approximate surface area is 158 Å². The summed E-state index contributed by atoms with van der Waals surface area (Å²) in [7, 11) is 0. The van der Waals surface area contributed by atoms with Crippen LogP contribution in [0.1, 0.15) is 42.4 Å². The van der Waals surface area contributed by atoms with Crippen molar-refractivity contribution in [3.05, 3.63) is 23.5 Å². The Kier molecular flexibility index (Phi) is 6.79. The van der Waals surface area contributed by atoms with Gasteiger partial charge in [-0.25, -0.2) is 9.67 Å². The highest BCUT2D eigenvalue weighted by Gasteiger charge is 2.32. The molecule has 25 heavy (non-hydrogen) atoms. The second-order valence-corrected chi connectivity index (χ2v) is 6.31. The van der Waals surface area contributed by atoms with Crippen LogP contribution in [0.2, 0.25) is 0 Å². The molecule has 0 radical (unpaired) electrons. The zero-order valence-corrected chi connectivity index (χ0v) is 15.9. The fourth-order valence-corrected chi connectivity index (χ4v) is 3.01. The van der Waals surface area contributed by atoms with Crippen LogP contribution in [0.15, 0.2) is 12.3 Å². The van der Waals surface area contributed by atoms with E-state index in [2.05, 4.69) is 10.1 Å². The van der Waals surface area contributed by atoms with Gasteiger partial charge in [0, 0.05) is 24.8 Å². The molecule has 9 heteroatoms. The number of nitrogens with zero attached hydrogens (tertiary/aromatic N) is 4. The first-order chi connectivity index (χ1) is 10.9. The molecule has 1 aliphatic rings. The summed E-state index contributed by atoms with van der Waals surface area (Å²) in [6.07, 6.45) is 2.17. The predicted octanol–water partition coefficient (Wildman–Crippen LogP) is 2.71. The maximum absolute atomic E-state index is 12.8. The number of likely N-dealkylation sites (tertiary alicyclic amines) is 1. The molecular formula is C16H22Cl2N4O3. The standard InChI is InChI=1S/C16H20N4O3.2ClH/c1-9(2)20-14-13(7-17-20)12(6-10(3)18-14)15(21)19-5-4-11(8-19)16(22)23;;/h6-7,9,11H,4-5,8H2,1-3H3,(H,22,23);2*1H. The van der Waals surface area contributed by atoms with E-state index in [0.29, 0.717) is 29.6 Å². The third-order valence-corrected chi connectivity index (χ3v) is 4.24. The Morgan fingerprint density at radius 3 is 2.56 bits per heavy atom. The molecule has 3 heterocycles. The van der Waals surface area contributed by atoms with Crippen LogP contribution in [0.3, 0.4) is 0 Å². The summed E-state index contributed by atoms with van der Waals surface area (Å²) in [4.78, 5) is 30.0. The molecule has 1 saturated heterocycles. The van der Waals surface area contributed by atoms with Gasteiger partial charge in [-0.15, -0.1) is 24.8 Å². The van der Waals surface area contributed by atoms with Crippen molar-refractivity contribution in [2.24, 2.45) is 5.92 Å². The first kappa shape index (κ1) is 21.2. The SMILES string of the molecule is Cc1cc(C(=O)N2CCC(C(=O)O)C2)c2cnn(C(C)C)c2n1.Cl.Cl. The van der Waals surface area contributed by atoms with Crippen LogP contribution in [0.5, 0.6) is 0 Å². The molecule has 7 nitrogen and oxygen atoms in total. The summed E-state index contributed by atoms with van der Waals surface area (Å²) in [5.41, 5.74) is 1.99. The van der Waals surface area contributed by atoms with Crippen LogP contribution in [0, 0.1) is 12.8 Å². The monoisotopic (exact) mass is 388 g/mol. The molecule has 1 amide bonds. The van der Waals surface area contributed by atoms with Crippen LogP contribution >= 0.6 is 24.8 Å². The normalized spacial score (nSPS) is 16.6. The van der Waals surface area contributed by atoms with Crippen molar-refractivity contribution >= 4 is 47.7 Å². The van der Waals surface area contributed by atoms with Crippen LogP contribution < -0.4 is 0 Å². The van der Waals surface area contributed by atoms with Gasteiger partial charge in [0.2, 0.25) is 0 Å². The first-order valence-corrected chi connectivity index (χ1v) is 7.75. The van der Waals surface area contributed by atoms with Gasteiger partial charge in [0.25, 0.3) is 5.91 Å². The molecule has 1 aliphatic heterocycles. The van der Waals surface area contributed by atoms with E-state index in [4.69, 9.17) is 5.11 Å². The minimum Gasteiger partial charge on any atom is -0.481 e. The molecule has 2 aromatic heterocycles. The highest BCUT2D eigenvalue weighted by Crippen LogP contribution is 2.25. The van der Waals surface area contributed by atoms with Gasteiger partial charge >= 0.3 is 5.97 Å². The maximum atomic E-state index is 12.8. The molecule has 1 atom stereocenters. The van der Waals surface area contributed by atoms with Gasteiger partial charge in [-0.1, -0.05) is 0 Å². The topological polar surface area (TPSA) is 88.3 Å². The Hall–Kier alpha value is -1.86. The summed E-state index contributed by atoms with van der Waals surface area (Å²) in [6.45, 7) is 6.59. The number of aryl methyl sites for hydroxylation is 1. The Morgan fingerprint density at radius 1 is 1.32 bits per heavy atom. The quantitative estimate of drug-likeness (QED) is 0.872. The smallest absolute Gasteiger partial charge is 0.308 e. The number of amides is 1. The molecule has 3 rings (SSSR count). The molecule has 0 saturated carbocycles. The molecular weight excluding hydrogens is 367 g/mol. The number of hydrogen-bond donors (Lipinski definition) is 1. The number of hydrogen-bond acceptors (Lipinski definition) is 4. The van der Waals surface area contributed by atoms with Crippen LogP contribution in [0.25, 0.3) is 11.0 Å². The fraction of sp³-hybridized carbons (Fsp3) is 0.500. The average molecular weight is 389 g/mol. The van der Waals surface area contributed by atoms with Gasteiger partial charge < -0.3 is 10.0 Å². The lowest BCUT2D eigenvalue weighted by Crippen LogP contribution is -2.30. The van der Waals surface area contributed by atoms with Gasteiger partial charge in [-0.2, -0.15) is 5.10 Å². The number of aliphatic carboxylic acids is 1. The summed E-state index contributed by atoms with van der Waals surface area (Å²) in [5.74, 6) is -1.47. The number of pyridine rings is 1. The summed E-state index contributed by atoms with van der Waals surface area (Å²) in [6, 6.07) is 1.90. The van der Waals surface area contributed by atoms with E-state index in [-0.39, 0.29) is 43.3 Å². The molecule has 0 bridgehead atoms.